The maximum Gasteiger partial charge on any atom is 0.326 e. The van der Waals surface area contributed by atoms with Gasteiger partial charge in [0.2, 0.25) is 0 Å². The molecule has 0 aliphatic carbocycles. The minimum atomic E-state index is -1.07. The summed E-state index contributed by atoms with van der Waals surface area (Å²) in [6, 6.07) is 2.48. The minimum Gasteiger partial charge on any atom is -0.480 e. The highest BCUT2D eigenvalue weighted by atomic mass is 19.1. The minimum absolute atomic E-state index is 0.0806. The lowest BCUT2D eigenvalue weighted by atomic mass is 10.1. The molecular formula is C13H17FN2O4. The molecule has 110 valence electrons. The van der Waals surface area contributed by atoms with Crippen LogP contribution in [0.2, 0.25) is 0 Å². The van der Waals surface area contributed by atoms with Gasteiger partial charge in [0.25, 0.3) is 5.91 Å². The predicted molar refractivity (Wildman–Crippen MR) is 71.1 cm³/mol. The molecule has 0 bridgehead atoms. The van der Waals surface area contributed by atoms with Crippen LogP contribution in [0.1, 0.15) is 23.2 Å². The van der Waals surface area contributed by atoms with Gasteiger partial charge in [-0.15, -0.1) is 0 Å². The number of carboxylic acids is 1. The second kappa shape index (κ2) is 7.44. The summed E-state index contributed by atoms with van der Waals surface area (Å²) in [7, 11) is 1.52. The number of aliphatic carboxylic acids is 1. The van der Waals surface area contributed by atoms with E-state index in [0.29, 0.717) is 19.4 Å². The van der Waals surface area contributed by atoms with Gasteiger partial charge in [-0.05, 0) is 31.0 Å². The first-order chi connectivity index (χ1) is 9.45. The maximum atomic E-state index is 13.1. The Bertz CT molecular complexity index is 493. The van der Waals surface area contributed by atoms with Crippen molar-refractivity contribution in [3.63, 3.8) is 0 Å². The van der Waals surface area contributed by atoms with Gasteiger partial charge >= 0.3 is 5.97 Å². The number of rotatable bonds is 8. The molecule has 0 aliphatic heterocycles. The van der Waals surface area contributed by atoms with E-state index in [1.807, 2.05) is 0 Å². The van der Waals surface area contributed by atoms with Crippen LogP contribution < -0.4 is 11.1 Å². The molecule has 0 aliphatic rings. The quantitative estimate of drug-likeness (QED) is 0.623. The van der Waals surface area contributed by atoms with E-state index in [2.05, 4.69) is 5.32 Å². The number of nitrogens with two attached hydrogens (primary N) is 1. The Kier molecular flexibility index (Phi) is 5.92. The van der Waals surface area contributed by atoms with Crippen molar-refractivity contribution in [2.24, 2.45) is 5.73 Å². The summed E-state index contributed by atoms with van der Waals surface area (Å²) in [6.45, 7) is 0.428. The lowest BCUT2D eigenvalue weighted by Crippen LogP contribution is -2.30. The monoisotopic (exact) mass is 284 g/mol. The van der Waals surface area contributed by atoms with Crippen LogP contribution in [0, 0.1) is 5.82 Å². The van der Waals surface area contributed by atoms with Crippen molar-refractivity contribution in [1.82, 2.24) is 0 Å². The van der Waals surface area contributed by atoms with Crippen LogP contribution in [0.25, 0.3) is 0 Å². The first kappa shape index (κ1) is 15.9. The SMILES string of the molecule is COCCCC(Nc1ccc(F)cc1C(N)=O)C(=O)O. The average Bonchev–Trinajstić information content (AvgIpc) is 2.39. The van der Waals surface area contributed by atoms with Gasteiger partial charge in [-0.25, -0.2) is 9.18 Å². The number of ether oxygens (including phenoxy) is 1. The van der Waals surface area contributed by atoms with E-state index in [-0.39, 0.29) is 11.3 Å². The maximum absolute atomic E-state index is 13.1. The molecule has 7 heteroatoms. The lowest BCUT2D eigenvalue weighted by Gasteiger charge is -2.17. The van der Waals surface area contributed by atoms with Crippen molar-refractivity contribution >= 4 is 17.6 Å². The molecule has 20 heavy (non-hydrogen) atoms. The number of nitrogens with one attached hydrogen (secondary N) is 1. The smallest absolute Gasteiger partial charge is 0.326 e. The van der Waals surface area contributed by atoms with Gasteiger partial charge in [0.1, 0.15) is 11.9 Å². The molecule has 0 aromatic heterocycles. The number of methoxy groups -OCH3 is 1. The van der Waals surface area contributed by atoms with E-state index in [1.54, 1.807) is 0 Å². The molecule has 1 amide bonds. The van der Waals surface area contributed by atoms with Crippen molar-refractivity contribution in [2.75, 3.05) is 19.0 Å². The number of primary amides is 1. The summed E-state index contributed by atoms with van der Waals surface area (Å²) < 4.78 is 17.9. The van der Waals surface area contributed by atoms with Crippen molar-refractivity contribution in [2.45, 2.75) is 18.9 Å². The van der Waals surface area contributed by atoms with Crippen LogP contribution in [-0.4, -0.2) is 36.7 Å². The van der Waals surface area contributed by atoms with Crippen molar-refractivity contribution in [3.05, 3.63) is 29.6 Å². The summed E-state index contributed by atoms with van der Waals surface area (Å²) >= 11 is 0. The number of benzene rings is 1. The molecule has 0 heterocycles. The highest BCUT2D eigenvalue weighted by Crippen LogP contribution is 2.19. The molecule has 1 unspecified atom stereocenters. The number of carbonyl (C=O) groups excluding carboxylic acids is 1. The third-order valence-corrected chi connectivity index (χ3v) is 2.72. The highest BCUT2D eigenvalue weighted by Gasteiger charge is 2.19. The Morgan fingerprint density at radius 1 is 1.50 bits per heavy atom. The van der Waals surface area contributed by atoms with Crippen LogP contribution in [0.3, 0.4) is 0 Å². The first-order valence-electron chi connectivity index (χ1n) is 6.03. The van der Waals surface area contributed by atoms with Gasteiger partial charge in [-0.1, -0.05) is 0 Å². The Hall–Kier alpha value is -2.15. The Morgan fingerprint density at radius 2 is 2.20 bits per heavy atom. The van der Waals surface area contributed by atoms with Crippen LogP contribution in [0.5, 0.6) is 0 Å². The van der Waals surface area contributed by atoms with E-state index in [0.717, 1.165) is 12.1 Å². The normalized spacial score (nSPS) is 11.9. The van der Waals surface area contributed by atoms with Crippen molar-refractivity contribution < 1.29 is 23.8 Å². The van der Waals surface area contributed by atoms with Gasteiger partial charge < -0.3 is 20.9 Å². The van der Waals surface area contributed by atoms with Crippen LogP contribution in [-0.2, 0) is 9.53 Å². The number of hydrogen-bond donors (Lipinski definition) is 3. The standard InChI is InChI=1S/C13H17FN2O4/c1-20-6-2-3-11(13(18)19)16-10-5-4-8(14)7-9(10)12(15)17/h4-5,7,11,16H,2-3,6H2,1H3,(H2,15,17)(H,18,19). The summed E-state index contributed by atoms with van der Waals surface area (Å²) in [5.74, 6) is -2.51. The summed E-state index contributed by atoms with van der Waals surface area (Å²) in [5.41, 5.74) is 5.26. The molecule has 0 fully saturated rings. The molecule has 1 atom stereocenters. The van der Waals surface area contributed by atoms with E-state index in [4.69, 9.17) is 15.6 Å². The molecular weight excluding hydrogens is 267 g/mol. The second-order valence-corrected chi connectivity index (χ2v) is 4.22. The van der Waals surface area contributed by atoms with Crippen molar-refractivity contribution in [1.29, 1.82) is 0 Å². The fourth-order valence-corrected chi connectivity index (χ4v) is 1.72. The predicted octanol–water partition coefficient (Wildman–Crippen LogP) is 1.22. The topological polar surface area (TPSA) is 102 Å². The zero-order valence-electron chi connectivity index (χ0n) is 11.1. The third-order valence-electron chi connectivity index (χ3n) is 2.72. The Morgan fingerprint density at radius 3 is 2.75 bits per heavy atom. The molecule has 0 radical (unpaired) electrons. The van der Waals surface area contributed by atoms with Gasteiger partial charge in [-0.3, -0.25) is 4.79 Å². The molecule has 1 rings (SSSR count). The van der Waals surface area contributed by atoms with Crippen molar-refractivity contribution in [3.8, 4) is 0 Å². The fraction of sp³-hybridized carbons (Fsp3) is 0.385. The van der Waals surface area contributed by atoms with Gasteiger partial charge in [0, 0.05) is 19.4 Å². The summed E-state index contributed by atoms with van der Waals surface area (Å²) in [4.78, 5) is 22.4. The second-order valence-electron chi connectivity index (χ2n) is 4.22. The van der Waals surface area contributed by atoms with Gasteiger partial charge in [0.05, 0.1) is 5.56 Å². The molecule has 0 saturated heterocycles. The average molecular weight is 284 g/mol. The largest absolute Gasteiger partial charge is 0.480 e. The van der Waals surface area contributed by atoms with Crippen LogP contribution in [0.4, 0.5) is 10.1 Å². The number of hydrogen-bond acceptors (Lipinski definition) is 4. The van der Waals surface area contributed by atoms with E-state index >= 15 is 0 Å². The number of carboxylic acid groups (broad SMARTS) is 1. The van der Waals surface area contributed by atoms with E-state index in [9.17, 15) is 14.0 Å². The molecule has 4 N–H and O–H groups in total. The number of carbonyl (C=O) groups is 2. The number of halogens is 1. The Balaban J connectivity index is 2.87. The van der Waals surface area contributed by atoms with Crippen LogP contribution >= 0.6 is 0 Å². The van der Waals surface area contributed by atoms with Gasteiger partial charge in [0.15, 0.2) is 0 Å². The highest BCUT2D eigenvalue weighted by molar-refractivity contribution is 5.99. The zero-order valence-corrected chi connectivity index (χ0v) is 11.1. The van der Waals surface area contributed by atoms with E-state index in [1.165, 1.54) is 13.2 Å². The summed E-state index contributed by atoms with van der Waals surface area (Å²) in [5, 5.41) is 11.8. The molecule has 1 aromatic rings. The number of amides is 1. The number of anilines is 1. The van der Waals surface area contributed by atoms with E-state index < -0.39 is 23.7 Å². The zero-order chi connectivity index (χ0) is 15.1. The first-order valence-corrected chi connectivity index (χ1v) is 6.03. The fourth-order valence-electron chi connectivity index (χ4n) is 1.72. The molecule has 6 nitrogen and oxygen atoms in total. The summed E-state index contributed by atoms with van der Waals surface area (Å²) in [6.07, 6.45) is 0.840. The molecule has 1 aromatic carbocycles. The molecule has 0 spiro atoms. The third kappa shape index (κ3) is 4.51. The van der Waals surface area contributed by atoms with Gasteiger partial charge in [-0.2, -0.15) is 0 Å². The van der Waals surface area contributed by atoms with Crippen LogP contribution in [0.15, 0.2) is 18.2 Å². The molecule has 0 saturated carbocycles. The Labute approximate surface area is 115 Å². The lowest BCUT2D eigenvalue weighted by molar-refractivity contribution is -0.138.